The van der Waals surface area contributed by atoms with Crippen molar-refractivity contribution >= 4 is 45.6 Å². The number of halogens is 2. The lowest BCUT2D eigenvalue weighted by Crippen LogP contribution is -2.28. The van der Waals surface area contributed by atoms with Gasteiger partial charge in [0.25, 0.3) is 0 Å². The van der Waals surface area contributed by atoms with Crippen LogP contribution in [0.4, 0.5) is 11.6 Å². The summed E-state index contributed by atoms with van der Waals surface area (Å²) < 4.78 is 22.0. The molecule has 0 amide bonds. The molecular formula is C25H28Cl2N4O4. The van der Waals surface area contributed by atoms with Crippen LogP contribution >= 0.6 is 23.2 Å². The zero-order chi connectivity index (χ0) is 24.4. The minimum atomic E-state index is 0.244. The summed E-state index contributed by atoms with van der Waals surface area (Å²) in [7, 11) is 3.11. The number of hydrogen-bond donors (Lipinski definition) is 2. The Kier molecular flexibility index (Phi) is 7.34. The Hall–Kier alpha value is -2.52. The van der Waals surface area contributed by atoms with Crippen LogP contribution in [-0.4, -0.2) is 62.7 Å². The van der Waals surface area contributed by atoms with Crippen molar-refractivity contribution in [3.63, 3.8) is 0 Å². The molecular weight excluding hydrogens is 491 g/mol. The topological polar surface area (TPSA) is 86.8 Å². The first-order chi connectivity index (χ1) is 17.1. The van der Waals surface area contributed by atoms with Crippen LogP contribution in [0.1, 0.15) is 19.3 Å². The maximum atomic E-state index is 6.71. The van der Waals surface area contributed by atoms with Gasteiger partial charge in [0.05, 0.1) is 42.6 Å². The van der Waals surface area contributed by atoms with Gasteiger partial charge in [-0.15, -0.1) is 0 Å². The molecule has 8 nitrogen and oxygen atoms in total. The first-order valence-electron chi connectivity index (χ1n) is 11.7. The number of fused-ring (bicyclic) bond motifs is 1. The largest absolute Gasteiger partial charge is 0.495 e. The van der Waals surface area contributed by atoms with Gasteiger partial charge in [-0.05, 0) is 31.4 Å². The van der Waals surface area contributed by atoms with Gasteiger partial charge in [0, 0.05) is 54.5 Å². The number of rotatable bonds is 7. The molecule has 4 heterocycles. The first-order valence-corrected chi connectivity index (χ1v) is 12.4. The van der Waals surface area contributed by atoms with Crippen molar-refractivity contribution < 1.29 is 18.9 Å². The van der Waals surface area contributed by atoms with Crippen molar-refractivity contribution in [2.24, 2.45) is 0 Å². The molecule has 186 valence electrons. The Labute approximate surface area is 214 Å². The summed E-state index contributed by atoms with van der Waals surface area (Å²) in [6, 6.07) is 6.13. The van der Waals surface area contributed by atoms with Gasteiger partial charge in [0.15, 0.2) is 0 Å². The smallest absolute Gasteiger partial charge is 0.141 e. The molecule has 0 aliphatic carbocycles. The first kappa shape index (κ1) is 24.2. The molecule has 10 heteroatoms. The van der Waals surface area contributed by atoms with Crippen LogP contribution in [0.25, 0.3) is 22.0 Å². The highest BCUT2D eigenvalue weighted by Crippen LogP contribution is 2.46. The molecule has 0 radical (unpaired) electrons. The third kappa shape index (κ3) is 5.07. The molecule has 35 heavy (non-hydrogen) atoms. The third-order valence-corrected chi connectivity index (χ3v) is 7.14. The van der Waals surface area contributed by atoms with E-state index in [1.54, 1.807) is 20.3 Å². The van der Waals surface area contributed by atoms with Crippen molar-refractivity contribution in [1.29, 1.82) is 0 Å². The van der Waals surface area contributed by atoms with Gasteiger partial charge >= 0.3 is 0 Å². The van der Waals surface area contributed by atoms with Crippen LogP contribution in [-0.2, 0) is 9.47 Å². The quantitative estimate of drug-likeness (QED) is 0.429. The van der Waals surface area contributed by atoms with Gasteiger partial charge in [0.1, 0.15) is 23.1 Å². The molecule has 1 atom stereocenters. The number of ether oxygens (including phenoxy) is 4. The lowest BCUT2D eigenvalue weighted by molar-refractivity contribution is 0.0904. The van der Waals surface area contributed by atoms with E-state index >= 15 is 0 Å². The molecule has 3 aromatic rings. The molecule has 2 N–H and O–H groups in total. The van der Waals surface area contributed by atoms with E-state index in [2.05, 4.69) is 15.6 Å². The second kappa shape index (κ2) is 10.6. The molecule has 2 aliphatic heterocycles. The summed E-state index contributed by atoms with van der Waals surface area (Å²) >= 11 is 13.4. The molecule has 1 unspecified atom stereocenters. The maximum absolute atomic E-state index is 6.71. The van der Waals surface area contributed by atoms with Crippen molar-refractivity contribution in [3.05, 3.63) is 34.4 Å². The fraction of sp³-hybridized carbons (Fsp3) is 0.440. The summed E-state index contributed by atoms with van der Waals surface area (Å²) in [6.07, 6.45) is 4.60. The predicted molar refractivity (Wildman–Crippen MR) is 138 cm³/mol. The summed E-state index contributed by atoms with van der Waals surface area (Å²) in [5, 5.41) is 9.71. The van der Waals surface area contributed by atoms with Crippen LogP contribution in [0.3, 0.4) is 0 Å². The molecule has 0 bridgehead atoms. The van der Waals surface area contributed by atoms with Gasteiger partial charge in [0.2, 0.25) is 0 Å². The summed E-state index contributed by atoms with van der Waals surface area (Å²) in [5.74, 6) is 2.45. The van der Waals surface area contributed by atoms with Crippen molar-refractivity contribution in [2.75, 3.05) is 51.3 Å². The number of nitrogens with zero attached hydrogens (tertiary/aromatic N) is 2. The number of anilines is 2. The van der Waals surface area contributed by atoms with Crippen LogP contribution in [0.15, 0.2) is 24.4 Å². The van der Waals surface area contributed by atoms with Crippen LogP contribution in [0.2, 0.25) is 10.0 Å². The van der Waals surface area contributed by atoms with E-state index in [4.69, 9.17) is 47.1 Å². The number of methoxy groups -OCH3 is 2. The van der Waals surface area contributed by atoms with E-state index in [1.807, 2.05) is 18.3 Å². The van der Waals surface area contributed by atoms with Gasteiger partial charge in [-0.2, -0.15) is 0 Å². The van der Waals surface area contributed by atoms with Gasteiger partial charge < -0.3 is 29.6 Å². The van der Waals surface area contributed by atoms with Gasteiger partial charge in [-0.1, -0.05) is 23.2 Å². The number of aromatic nitrogens is 2. The van der Waals surface area contributed by atoms with Crippen LogP contribution < -0.4 is 20.1 Å². The zero-order valence-electron chi connectivity index (χ0n) is 19.7. The zero-order valence-corrected chi connectivity index (χ0v) is 21.2. The molecule has 5 rings (SSSR count). The highest BCUT2D eigenvalue weighted by atomic mass is 35.5. The number of benzene rings is 1. The molecule has 2 aromatic heterocycles. The normalized spacial score (nSPS) is 18.6. The van der Waals surface area contributed by atoms with Crippen molar-refractivity contribution in [3.8, 4) is 22.8 Å². The Morgan fingerprint density at radius 1 is 0.886 bits per heavy atom. The number of nitrogens with one attached hydrogen (secondary N) is 2. The molecule has 1 aromatic carbocycles. The minimum absolute atomic E-state index is 0.244. The van der Waals surface area contributed by atoms with Crippen molar-refractivity contribution in [2.45, 2.75) is 31.3 Å². The number of pyridine rings is 2. The van der Waals surface area contributed by atoms with E-state index < -0.39 is 0 Å². The molecule has 0 saturated carbocycles. The van der Waals surface area contributed by atoms with E-state index in [0.29, 0.717) is 39.4 Å². The highest BCUT2D eigenvalue weighted by Gasteiger charge is 2.23. The number of hydrogen-bond acceptors (Lipinski definition) is 8. The van der Waals surface area contributed by atoms with E-state index in [-0.39, 0.29) is 12.1 Å². The summed E-state index contributed by atoms with van der Waals surface area (Å²) in [6.45, 7) is 2.88. The fourth-order valence-corrected chi connectivity index (χ4v) is 5.16. The molecule has 2 fully saturated rings. The Balaban J connectivity index is 1.62. The summed E-state index contributed by atoms with van der Waals surface area (Å²) in [4.78, 5) is 9.65. The molecule has 2 saturated heterocycles. The van der Waals surface area contributed by atoms with E-state index in [1.165, 1.54) is 0 Å². The maximum Gasteiger partial charge on any atom is 0.141 e. The molecule has 2 aliphatic rings. The second-order valence-corrected chi connectivity index (χ2v) is 9.42. The van der Waals surface area contributed by atoms with E-state index in [9.17, 15) is 0 Å². The van der Waals surface area contributed by atoms with Crippen LogP contribution in [0, 0.1) is 0 Å². The van der Waals surface area contributed by atoms with Crippen LogP contribution in [0.5, 0.6) is 11.5 Å². The molecule has 0 spiro atoms. The average molecular weight is 519 g/mol. The van der Waals surface area contributed by atoms with E-state index in [0.717, 1.165) is 61.5 Å². The minimum Gasteiger partial charge on any atom is -0.495 e. The standard InChI is InChI=1S/C25H28Cl2N4O4/c1-32-19-11-20(33-2)24(27)22(23(19)26)18-9-14-12-28-21(29-16-5-8-35-13-16)10-17(14)25(31-18)30-15-3-6-34-7-4-15/h9-12,15-16H,3-8,13H2,1-2H3,(H,28,29)(H,30,31). The Morgan fingerprint density at radius 2 is 1.57 bits per heavy atom. The monoisotopic (exact) mass is 518 g/mol. The lowest BCUT2D eigenvalue weighted by atomic mass is 10.1. The average Bonchev–Trinajstić information content (AvgIpc) is 3.38. The second-order valence-electron chi connectivity index (χ2n) is 8.67. The summed E-state index contributed by atoms with van der Waals surface area (Å²) in [5.41, 5.74) is 1.15. The predicted octanol–water partition coefficient (Wildman–Crippen LogP) is 5.41. The van der Waals surface area contributed by atoms with Gasteiger partial charge in [-0.3, -0.25) is 0 Å². The third-order valence-electron chi connectivity index (χ3n) is 6.39. The SMILES string of the molecule is COc1cc(OC)c(Cl)c(-c2cc3cnc(NC4CCOC4)cc3c(NC3CCOCC3)n2)c1Cl. The fourth-order valence-electron chi connectivity index (χ4n) is 4.47. The van der Waals surface area contributed by atoms with Crippen molar-refractivity contribution in [1.82, 2.24) is 9.97 Å². The Morgan fingerprint density at radius 3 is 2.23 bits per heavy atom. The Bertz CT molecular complexity index is 1190. The highest BCUT2D eigenvalue weighted by molar-refractivity contribution is 6.41. The lowest BCUT2D eigenvalue weighted by Gasteiger charge is -2.25. The van der Waals surface area contributed by atoms with Gasteiger partial charge in [-0.25, -0.2) is 9.97 Å².